The highest BCUT2D eigenvalue weighted by atomic mass is 16.1. The van der Waals surface area contributed by atoms with E-state index in [2.05, 4.69) is 15.4 Å². The Morgan fingerprint density at radius 3 is 2.90 bits per heavy atom. The molecule has 1 amide bonds. The first-order chi connectivity index (χ1) is 10.1. The Hall–Kier alpha value is -2.37. The van der Waals surface area contributed by atoms with Gasteiger partial charge in [0.05, 0.1) is 5.69 Å². The molecular weight excluding hydrogens is 266 g/mol. The molecule has 0 aliphatic rings. The predicted molar refractivity (Wildman–Crippen MR) is 81.4 cm³/mol. The number of carbonyl (C=O) groups excluding carboxylic acids is 1. The number of aryl methyl sites for hydroxylation is 3. The van der Waals surface area contributed by atoms with E-state index in [0.717, 1.165) is 29.9 Å². The van der Waals surface area contributed by atoms with Gasteiger partial charge >= 0.3 is 0 Å². The van der Waals surface area contributed by atoms with Gasteiger partial charge in [0.15, 0.2) is 0 Å². The van der Waals surface area contributed by atoms with Gasteiger partial charge in [-0.2, -0.15) is 5.10 Å². The number of nitrogens with two attached hydrogens (primary N) is 1. The van der Waals surface area contributed by atoms with Crippen LogP contribution in [-0.2, 0) is 17.9 Å². The monoisotopic (exact) mass is 287 g/mol. The fourth-order valence-corrected chi connectivity index (χ4v) is 2.17. The van der Waals surface area contributed by atoms with Gasteiger partial charge in [-0.25, -0.2) is 4.98 Å². The van der Waals surface area contributed by atoms with Crippen molar-refractivity contribution in [3.05, 3.63) is 41.3 Å². The van der Waals surface area contributed by atoms with Gasteiger partial charge in [-0.05, 0) is 32.4 Å². The number of amides is 1. The largest absolute Gasteiger partial charge is 0.383 e. The third-order valence-electron chi connectivity index (χ3n) is 3.28. The second kappa shape index (κ2) is 6.88. The molecule has 0 saturated carbocycles. The summed E-state index contributed by atoms with van der Waals surface area (Å²) in [7, 11) is 0. The zero-order chi connectivity index (χ0) is 15.2. The standard InChI is InChI=1S/C15H21N5O/c1-11-9-12(2)20(19-11)8-4-6-14(21)18-10-13-5-3-7-17-15(13)16/h3,5,7,9H,4,6,8,10H2,1-2H3,(H2,16,17)(H,18,21). The molecule has 0 aromatic carbocycles. The lowest BCUT2D eigenvalue weighted by atomic mass is 10.2. The van der Waals surface area contributed by atoms with Gasteiger partial charge in [0.25, 0.3) is 0 Å². The van der Waals surface area contributed by atoms with Gasteiger partial charge in [-0.3, -0.25) is 9.48 Å². The first kappa shape index (κ1) is 15.0. The zero-order valence-corrected chi connectivity index (χ0v) is 12.5. The van der Waals surface area contributed by atoms with Crippen molar-refractivity contribution in [2.75, 3.05) is 5.73 Å². The molecule has 2 rings (SSSR count). The topological polar surface area (TPSA) is 85.8 Å². The van der Waals surface area contributed by atoms with Crippen LogP contribution >= 0.6 is 0 Å². The summed E-state index contributed by atoms with van der Waals surface area (Å²) in [5, 5.41) is 7.23. The highest BCUT2D eigenvalue weighted by molar-refractivity contribution is 5.75. The third kappa shape index (κ3) is 4.30. The van der Waals surface area contributed by atoms with Crippen molar-refractivity contribution in [2.24, 2.45) is 0 Å². The van der Waals surface area contributed by atoms with E-state index in [-0.39, 0.29) is 5.91 Å². The fraction of sp³-hybridized carbons (Fsp3) is 0.400. The van der Waals surface area contributed by atoms with E-state index < -0.39 is 0 Å². The van der Waals surface area contributed by atoms with E-state index in [1.807, 2.05) is 30.7 Å². The average Bonchev–Trinajstić information content (AvgIpc) is 2.76. The van der Waals surface area contributed by atoms with Crippen LogP contribution < -0.4 is 11.1 Å². The quantitative estimate of drug-likeness (QED) is 0.844. The second-order valence-corrected chi connectivity index (χ2v) is 5.08. The summed E-state index contributed by atoms with van der Waals surface area (Å²) in [6.45, 7) is 5.15. The number of hydrogen-bond acceptors (Lipinski definition) is 4. The molecule has 6 heteroatoms. The highest BCUT2D eigenvalue weighted by Crippen LogP contribution is 2.07. The minimum absolute atomic E-state index is 0.0137. The van der Waals surface area contributed by atoms with Crippen LogP contribution in [0.4, 0.5) is 5.82 Å². The van der Waals surface area contributed by atoms with Crippen molar-refractivity contribution < 1.29 is 4.79 Å². The van der Waals surface area contributed by atoms with Crippen LogP contribution in [0.1, 0.15) is 29.8 Å². The Kier molecular flexibility index (Phi) is 4.92. The lowest BCUT2D eigenvalue weighted by Gasteiger charge is -2.07. The summed E-state index contributed by atoms with van der Waals surface area (Å²) in [5.41, 5.74) is 8.69. The molecule has 2 aromatic rings. The lowest BCUT2D eigenvalue weighted by Crippen LogP contribution is -2.23. The molecule has 0 bridgehead atoms. The smallest absolute Gasteiger partial charge is 0.220 e. The predicted octanol–water partition coefficient (Wildman–Crippen LogP) is 1.57. The summed E-state index contributed by atoms with van der Waals surface area (Å²) >= 11 is 0. The molecule has 112 valence electrons. The Morgan fingerprint density at radius 1 is 1.43 bits per heavy atom. The summed E-state index contributed by atoms with van der Waals surface area (Å²) in [6, 6.07) is 5.70. The number of nitrogens with zero attached hydrogens (tertiary/aromatic N) is 3. The lowest BCUT2D eigenvalue weighted by molar-refractivity contribution is -0.121. The average molecular weight is 287 g/mol. The van der Waals surface area contributed by atoms with Gasteiger partial charge in [0.2, 0.25) is 5.91 Å². The first-order valence-corrected chi connectivity index (χ1v) is 7.03. The van der Waals surface area contributed by atoms with E-state index >= 15 is 0 Å². The Bertz CT molecular complexity index is 620. The van der Waals surface area contributed by atoms with Crippen LogP contribution in [0.3, 0.4) is 0 Å². The number of hydrogen-bond donors (Lipinski definition) is 2. The molecule has 2 aromatic heterocycles. The van der Waals surface area contributed by atoms with Gasteiger partial charge < -0.3 is 11.1 Å². The van der Waals surface area contributed by atoms with Crippen molar-refractivity contribution in [1.29, 1.82) is 0 Å². The van der Waals surface area contributed by atoms with Crippen molar-refractivity contribution in [1.82, 2.24) is 20.1 Å². The number of carbonyl (C=O) groups is 1. The molecule has 0 fully saturated rings. The van der Waals surface area contributed by atoms with Crippen LogP contribution in [0, 0.1) is 13.8 Å². The summed E-state index contributed by atoms with van der Waals surface area (Å²) in [4.78, 5) is 15.8. The molecule has 0 spiro atoms. The summed E-state index contributed by atoms with van der Waals surface area (Å²) in [6.07, 6.45) is 2.86. The summed E-state index contributed by atoms with van der Waals surface area (Å²) < 4.78 is 1.93. The van der Waals surface area contributed by atoms with E-state index in [0.29, 0.717) is 18.8 Å². The molecule has 0 aliphatic carbocycles. The molecule has 0 atom stereocenters. The molecule has 2 heterocycles. The Morgan fingerprint density at radius 2 is 2.24 bits per heavy atom. The minimum Gasteiger partial charge on any atom is -0.383 e. The van der Waals surface area contributed by atoms with Crippen LogP contribution in [-0.4, -0.2) is 20.7 Å². The number of pyridine rings is 1. The molecule has 3 N–H and O–H groups in total. The number of rotatable bonds is 6. The molecule has 0 aliphatic heterocycles. The molecule has 0 radical (unpaired) electrons. The molecule has 0 saturated heterocycles. The fourth-order valence-electron chi connectivity index (χ4n) is 2.17. The van der Waals surface area contributed by atoms with Gasteiger partial charge in [-0.1, -0.05) is 6.07 Å². The van der Waals surface area contributed by atoms with Crippen molar-refractivity contribution >= 4 is 11.7 Å². The third-order valence-corrected chi connectivity index (χ3v) is 3.28. The van der Waals surface area contributed by atoms with Gasteiger partial charge in [-0.15, -0.1) is 0 Å². The Balaban J connectivity index is 1.73. The first-order valence-electron chi connectivity index (χ1n) is 7.03. The van der Waals surface area contributed by atoms with E-state index in [9.17, 15) is 4.79 Å². The number of anilines is 1. The normalized spacial score (nSPS) is 10.6. The molecule has 0 unspecified atom stereocenters. The second-order valence-electron chi connectivity index (χ2n) is 5.08. The maximum absolute atomic E-state index is 11.8. The number of nitrogen functional groups attached to an aromatic ring is 1. The van der Waals surface area contributed by atoms with Crippen molar-refractivity contribution in [2.45, 2.75) is 39.8 Å². The number of nitrogens with one attached hydrogen (secondary N) is 1. The van der Waals surface area contributed by atoms with Crippen LogP contribution in [0.2, 0.25) is 0 Å². The van der Waals surface area contributed by atoms with Gasteiger partial charge in [0, 0.05) is 37.0 Å². The zero-order valence-electron chi connectivity index (χ0n) is 12.5. The van der Waals surface area contributed by atoms with Gasteiger partial charge in [0.1, 0.15) is 5.82 Å². The molecular formula is C15H21N5O. The molecule has 6 nitrogen and oxygen atoms in total. The maximum Gasteiger partial charge on any atom is 0.220 e. The van der Waals surface area contributed by atoms with Crippen molar-refractivity contribution in [3.63, 3.8) is 0 Å². The molecule has 21 heavy (non-hydrogen) atoms. The van der Waals surface area contributed by atoms with Crippen LogP contribution in [0.25, 0.3) is 0 Å². The Labute approximate surface area is 124 Å². The van der Waals surface area contributed by atoms with E-state index in [1.165, 1.54) is 0 Å². The minimum atomic E-state index is 0.0137. The van der Waals surface area contributed by atoms with E-state index in [4.69, 9.17) is 5.73 Å². The SMILES string of the molecule is Cc1cc(C)n(CCCC(=O)NCc2cccnc2N)n1. The highest BCUT2D eigenvalue weighted by Gasteiger charge is 2.05. The van der Waals surface area contributed by atoms with Crippen LogP contribution in [0.15, 0.2) is 24.4 Å². The summed E-state index contributed by atoms with van der Waals surface area (Å²) in [5.74, 6) is 0.472. The number of aromatic nitrogens is 3. The van der Waals surface area contributed by atoms with Crippen molar-refractivity contribution in [3.8, 4) is 0 Å². The van der Waals surface area contributed by atoms with E-state index in [1.54, 1.807) is 12.3 Å². The van der Waals surface area contributed by atoms with Crippen LogP contribution in [0.5, 0.6) is 0 Å². The maximum atomic E-state index is 11.8.